The first kappa shape index (κ1) is 26.4. The summed E-state index contributed by atoms with van der Waals surface area (Å²) in [5.74, 6) is -2.24. The highest BCUT2D eigenvalue weighted by molar-refractivity contribution is 9.11. The van der Waals surface area contributed by atoms with Crippen molar-refractivity contribution in [1.82, 2.24) is 9.97 Å². The summed E-state index contributed by atoms with van der Waals surface area (Å²) in [7, 11) is 0. The Hall–Kier alpha value is -3.80. The van der Waals surface area contributed by atoms with Crippen molar-refractivity contribution in [2.24, 2.45) is 0 Å². The summed E-state index contributed by atoms with van der Waals surface area (Å²) in [6.07, 6.45) is 5.86. The standard InChI is InChI=1S/C29H15Br3N4O4/c1-14-10-18-22(20(31)11-14)35(28(39)15-2-6-33-7-3-15)24(26(18)37)25-27(38)19-12-17(30)13-21(32)23(19)36(25)29(40)16-4-8-34-9-5-16/h2-13H,1H3/b25-24+. The summed E-state index contributed by atoms with van der Waals surface area (Å²) in [5.41, 5.74) is 1.83. The van der Waals surface area contributed by atoms with Crippen LogP contribution in [0.5, 0.6) is 0 Å². The van der Waals surface area contributed by atoms with E-state index >= 15 is 0 Å². The molecule has 0 unspecified atom stereocenters. The molecule has 2 aromatic carbocycles. The fourth-order valence-electron chi connectivity index (χ4n) is 4.86. The Kier molecular flexibility index (Phi) is 6.60. The maximum absolute atomic E-state index is 14.2. The van der Waals surface area contributed by atoms with E-state index in [1.165, 1.54) is 58.9 Å². The van der Waals surface area contributed by atoms with E-state index in [9.17, 15) is 19.2 Å². The third kappa shape index (κ3) is 4.07. The van der Waals surface area contributed by atoms with Gasteiger partial charge in [-0.3, -0.25) is 38.9 Å². The number of allylic oxidation sites excluding steroid dienone is 2. The van der Waals surface area contributed by atoms with Crippen molar-refractivity contribution in [2.45, 2.75) is 6.92 Å². The molecule has 2 aliphatic rings. The number of hydrogen-bond acceptors (Lipinski definition) is 6. The second-order valence-electron chi connectivity index (χ2n) is 9.04. The molecule has 0 atom stereocenters. The number of amides is 2. The maximum atomic E-state index is 14.2. The van der Waals surface area contributed by atoms with Crippen LogP contribution in [-0.2, 0) is 0 Å². The van der Waals surface area contributed by atoms with E-state index in [1.807, 2.05) is 6.92 Å². The molecule has 40 heavy (non-hydrogen) atoms. The molecule has 2 aliphatic heterocycles. The second kappa shape index (κ2) is 9.99. The van der Waals surface area contributed by atoms with Gasteiger partial charge >= 0.3 is 0 Å². The number of halogens is 3. The number of benzene rings is 2. The number of carbonyl (C=O) groups excluding carboxylic acids is 4. The van der Waals surface area contributed by atoms with Crippen molar-refractivity contribution in [2.75, 3.05) is 9.80 Å². The van der Waals surface area contributed by atoms with Crippen LogP contribution in [0, 0.1) is 6.92 Å². The van der Waals surface area contributed by atoms with Crippen LogP contribution >= 0.6 is 47.8 Å². The van der Waals surface area contributed by atoms with Crippen LogP contribution in [0.2, 0.25) is 0 Å². The summed E-state index contributed by atoms with van der Waals surface area (Å²) < 4.78 is 1.54. The molecule has 0 fully saturated rings. The van der Waals surface area contributed by atoms with E-state index in [0.717, 1.165) is 5.56 Å². The Balaban J connectivity index is 1.69. The van der Waals surface area contributed by atoms with Gasteiger partial charge < -0.3 is 0 Å². The Morgan fingerprint density at radius 1 is 0.650 bits per heavy atom. The lowest BCUT2D eigenvalue weighted by molar-refractivity contribution is 0.0953. The number of pyridine rings is 2. The normalized spacial score (nSPS) is 15.9. The van der Waals surface area contributed by atoms with Crippen molar-refractivity contribution in [1.29, 1.82) is 0 Å². The molecule has 0 aliphatic carbocycles. The number of fused-ring (bicyclic) bond motifs is 2. The molecule has 4 heterocycles. The van der Waals surface area contributed by atoms with Gasteiger partial charge in [-0.05, 0) is 92.9 Å². The van der Waals surface area contributed by atoms with Crippen molar-refractivity contribution in [3.8, 4) is 0 Å². The van der Waals surface area contributed by atoms with Crippen LogP contribution in [0.3, 0.4) is 0 Å². The van der Waals surface area contributed by atoms with Gasteiger partial charge in [-0.15, -0.1) is 0 Å². The zero-order valence-electron chi connectivity index (χ0n) is 20.5. The predicted octanol–water partition coefficient (Wildman–Crippen LogP) is 6.67. The van der Waals surface area contributed by atoms with Gasteiger partial charge in [0.25, 0.3) is 11.8 Å². The average Bonchev–Trinajstić information content (AvgIpc) is 3.39. The van der Waals surface area contributed by atoms with E-state index in [0.29, 0.717) is 19.1 Å². The van der Waals surface area contributed by atoms with Crippen LogP contribution in [0.1, 0.15) is 47.0 Å². The molecular formula is C29H15Br3N4O4. The number of hydrogen-bond donors (Lipinski definition) is 0. The summed E-state index contributed by atoms with van der Waals surface area (Å²) in [6, 6.07) is 12.8. The quantitative estimate of drug-likeness (QED) is 0.215. The lowest BCUT2D eigenvalue weighted by atomic mass is 10.1. The Bertz CT molecular complexity index is 1690. The van der Waals surface area contributed by atoms with E-state index < -0.39 is 23.4 Å². The number of anilines is 2. The van der Waals surface area contributed by atoms with Crippen molar-refractivity contribution >= 4 is 82.5 Å². The van der Waals surface area contributed by atoms with Gasteiger partial charge in [0.1, 0.15) is 11.4 Å². The second-order valence-corrected chi connectivity index (χ2v) is 11.7. The minimum Gasteiger partial charge on any atom is -0.287 e. The van der Waals surface area contributed by atoms with Gasteiger partial charge in [0.15, 0.2) is 0 Å². The zero-order valence-corrected chi connectivity index (χ0v) is 25.2. The van der Waals surface area contributed by atoms with Crippen LogP contribution in [-0.4, -0.2) is 33.3 Å². The number of Topliss-reactive ketones (excluding diaryl/α,β-unsaturated/α-hetero) is 2. The first-order valence-electron chi connectivity index (χ1n) is 11.8. The lowest BCUT2D eigenvalue weighted by Gasteiger charge is -2.25. The molecule has 0 bridgehead atoms. The molecule has 0 saturated carbocycles. The minimum atomic E-state index is -0.573. The molecule has 0 radical (unpaired) electrons. The van der Waals surface area contributed by atoms with Crippen LogP contribution in [0.4, 0.5) is 11.4 Å². The van der Waals surface area contributed by atoms with Gasteiger partial charge in [0.2, 0.25) is 11.6 Å². The summed E-state index contributed by atoms with van der Waals surface area (Å²) in [5, 5.41) is 0. The number of ketones is 2. The van der Waals surface area contributed by atoms with Crippen molar-refractivity contribution < 1.29 is 19.2 Å². The molecule has 6 rings (SSSR count). The summed E-state index contributed by atoms with van der Waals surface area (Å²) in [6.45, 7) is 1.82. The van der Waals surface area contributed by atoms with E-state index in [1.54, 1.807) is 24.3 Å². The fourth-order valence-corrected chi connectivity index (χ4v) is 7.02. The largest absolute Gasteiger partial charge is 0.287 e. The molecule has 2 amide bonds. The van der Waals surface area contributed by atoms with Gasteiger partial charge in [-0.2, -0.15) is 0 Å². The van der Waals surface area contributed by atoms with Crippen LogP contribution in [0.15, 0.2) is 98.1 Å². The Morgan fingerprint density at radius 2 is 1.07 bits per heavy atom. The highest BCUT2D eigenvalue weighted by atomic mass is 79.9. The van der Waals surface area contributed by atoms with Crippen LogP contribution in [0.25, 0.3) is 0 Å². The Labute approximate surface area is 253 Å². The summed E-state index contributed by atoms with van der Waals surface area (Å²) >= 11 is 10.4. The van der Waals surface area contributed by atoms with Gasteiger partial charge in [0, 0.05) is 54.9 Å². The molecule has 196 valence electrons. The predicted molar refractivity (Wildman–Crippen MR) is 159 cm³/mol. The molecular weight excluding hydrogens is 708 g/mol. The van der Waals surface area contributed by atoms with E-state index in [4.69, 9.17) is 0 Å². The molecule has 0 spiro atoms. The topological polar surface area (TPSA) is 101 Å². The van der Waals surface area contributed by atoms with E-state index in [2.05, 4.69) is 57.8 Å². The van der Waals surface area contributed by atoms with Crippen molar-refractivity contribution in [3.63, 3.8) is 0 Å². The van der Waals surface area contributed by atoms with Gasteiger partial charge in [-0.25, -0.2) is 0 Å². The molecule has 11 heteroatoms. The SMILES string of the molecule is Cc1cc(Br)c2c(c1)C(=O)/C(=C1/C(=O)c3cc(Br)cc(Br)c3N1C(=O)c1ccncc1)N2C(=O)c1ccncc1. The number of nitrogens with zero attached hydrogens (tertiary/aromatic N) is 4. The molecule has 0 N–H and O–H groups in total. The number of carbonyl (C=O) groups is 4. The average molecular weight is 723 g/mol. The minimum absolute atomic E-state index is 0.196. The molecule has 0 saturated heterocycles. The van der Waals surface area contributed by atoms with Gasteiger partial charge in [0.05, 0.1) is 16.9 Å². The molecule has 4 aromatic rings. The molecule has 8 nitrogen and oxygen atoms in total. The highest BCUT2D eigenvalue weighted by Crippen LogP contribution is 2.48. The third-order valence-corrected chi connectivity index (χ3v) is 8.20. The highest BCUT2D eigenvalue weighted by Gasteiger charge is 2.48. The third-order valence-electron chi connectivity index (χ3n) is 6.53. The Morgan fingerprint density at radius 3 is 1.55 bits per heavy atom. The smallest absolute Gasteiger partial charge is 0.263 e. The first-order chi connectivity index (χ1) is 19.2. The van der Waals surface area contributed by atoms with Crippen molar-refractivity contribution in [3.05, 3.63) is 126 Å². The number of aryl methyl sites for hydroxylation is 1. The first-order valence-corrected chi connectivity index (χ1v) is 14.2. The zero-order chi connectivity index (χ0) is 28.3. The number of aromatic nitrogens is 2. The fraction of sp³-hybridized carbons (Fsp3) is 0.0345. The molecule has 2 aromatic heterocycles. The lowest BCUT2D eigenvalue weighted by Crippen LogP contribution is -2.37. The van der Waals surface area contributed by atoms with Gasteiger partial charge in [-0.1, -0.05) is 15.9 Å². The van der Waals surface area contributed by atoms with E-state index in [-0.39, 0.29) is 39.3 Å². The number of rotatable bonds is 2. The summed E-state index contributed by atoms with van der Waals surface area (Å²) in [4.78, 5) is 66.8. The maximum Gasteiger partial charge on any atom is 0.263 e. The monoisotopic (exact) mass is 720 g/mol. The van der Waals surface area contributed by atoms with Crippen LogP contribution < -0.4 is 9.80 Å².